The molecule has 0 aliphatic heterocycles. The Morgan fingerprint density at radius 2 is 0.700 bits per heavy atom. The third kappa shape index (κ3) is 22.7. The third-order valence-electron chi connectivity index (χ3n) is 0.632. The van der Waals surface area contributed by atoms with E-state index in [1.54, 1.807) is 0 Å². The third-order valence-corrected chi connectivity index (χ3v) is 1.90. The predicted octanol–water partition coefficient (Wildman–Crippen LogP) is 2.47. The van der Waals surface area contributed by atoms with Crippen molar-refractivity contribution in [2.45, 2.75) is 12.8 Å². The van der Waals surface area contributed by atoms with Crippen LogP contribution < -0.4 is 0 Å². The summed E-state index contributed by atoms with van der Waals surface area (Å²) in [4.78, 5) is 0. The normalized spacial score (nSPS) is 8.40. The Bertz CT molecular complexity index is 30.7. The Morgan fingerprint density at radius 3 is 0.700 bits per heavy atom. The Morgan fingerprint density at radius 1 is 0.500 bits per heavy atom. The highest BCUT2D eigenvalue weighted by atomic mass is 32.1. The van der Waals surface area contributed by atoms with Gasteiger partial charge in [-0.05, 0) is 35.9 Å². The number of hydrogen-bond donors (Lipinski definition) is 4. The quantitative estimate of drug-likeness (QED) is 0.510. The summed E-state index contributed by atoms with van der Waals surface area (Å²) in [5, 5.41) is 0. The van der Waals surface area contributed by atoms with Crippen LogP contribution in [0.3, 0.4) is 0 Å². The van der Waals surface area contributed by atoms with Gasteiger partial charge in [-0.2, -0.15) is 50.5 Å². The van der Waals surface area contributed by atoms with Crippen molar-refractivity contribution in [1.82, 2.24) is 0 Å². The fourth-order valence-corrected chi connectivity index (χ4v) is 1.27. The Hall–Kier alpha value is 1.40. The molecule has 0 heterocycles. The molecular formula is C6H16S4. The zero-order chi connectivity index (χ0) is 8.24. The van der Waals surface area contributed by atoms with Gasteiger partial charge >= 0.3 is 0 Å². The molecule has 0 aliphatic rings. The highest BCUT2D eigenvalue weighted by Crippen LogP contribution is 1.84. The molecule has 10 heavy (non-hydrogen) atoms. The van der Waals surface area contributed by atoms with Crippen molar-refractivity contribution in [2.75, 3.05) is 23.0 Å². The van der Waals surface area contributed by atoms with Gasteiger partial charge in [-0.25, -0.2) is 0 Å². The molecule has 0 unspecified atom stereocenters. The predicted molar refractivity (Wildman–Crippen MR) is 64.6 cm³/mol. The number of thiol groups is 4. The Labute approximate surface area is 86.2 Å². The lowest BCUT2D eigenvalue weighted by Crippen LogP contribution is -1.71. The summed E-state index contributed by atoms with van der Waals surface area (Å²) in [6, 6.07) is 0. The molecule has 0 spiro atoms. The Kier molecular flexibility index (Phi) is 23.4. The zero-order valence-corrected chi connectivity index (χ0v) is 9.61. The van der Waals surface area contributed by atoms with Crippen LogP contribution in [0.15, 0.2) is 0 Å². The molecule has 64 valence electrons. The van der Waals surface area contributed by atoms with Gasteiger partial charge in [0.2, 0.25) is 0 Å². The van der Waals surface area contributed by atoms with Crippen LogP contribution in [0, 0.1) is 0 Å². The van der Waals surface area contributed by atoms with Gasteiger partial charge in [0.1, 0.15) is 0 Å². The van der Waals surface area contributed by atoms with Crippen LogP contribution in [-0.4, -0.2) is 23.0 Å². The number of hydrogen-bond acceptors (Lipinski definition) is 4. The second kappa shape index (κ2) is 16.8. The van der Waals surface area contributed by atoms with E-state index in [9.17, 15) is 0 Å². The minimum atomic E-state index is 0.962. The standard InChI is InChI=1S/2C3H8S2/c2*4-2-1-3-5/h2*4-5H,1-3H2. The van der Waals surface area contributed by atoms with Crippen molar-refractivity contribution in [3.05, 3.63) is 0 Å². The maximum atomic E-state index is 3.95. The zero-order valence-electron chi connectivity index (χ0n) is 6.03. The van der Waals surface area contributed by atoms with Gasteiger partial charge in [-0.3, -0.25) is 0 Å². The average Bonchev–Trinajstić information content (AvgIpc) is 1.93. The van der Waals surface area contributed by atoms with E-state index in [-0.39, 0.29) is 0 Å². The SMILES string of the molecule is SCCCS.SCCCS. The molecule has 0 radical (unpaired) electrons. The van der Waals surface area contributed by atoms with Crippen LogP contribution in [-0.2, 0) is 0 Å². The maximum Gasteiger partial charge on any atom is -0.00901 e. The molecular weight excluding hydrogens is 200 g/mol. The van der Waals surface area contributed by atoms with E-state index >= 15 is 0 Å². The summed E-state index contributed by atoms with van der Waals surface area (Å²) < 4.78 is 0. The van der Waals surface area contributed by atoms with Crippen molar-refractivity contribution in [2.24, 2.45) is 0 Å². The maximum absolute atomic E-state index is 3.95. The summed E-state index contributed by atoms with van der Waals surface area (Å²) >= 11 is 15.8. The van der Waals surface area contributed by atoms with E-state index in [2.05, 4.69) is 50.5 Å². The summed E-state index contributed by atoms with van der Waals surface area (Å²) in [5.74, 6) is 3.85. The molecule has 0 saturated heterocycles. The van der Waals surface area contributed by atoms with Crippen molar-refractivity contribution >= 4 is 50.5 Å². The lowest BCUT2D eigenvalue weighted by molar-refractivity contribution is 1.14. The molecule has 0 aliphatic carbocycles. The van der Waals surface area contributed by atoms with Crippen molar-refractivity contribution in [3.63, 3.8) is 0 Å². The van der Waals surface area contributed by atoms with E-state index in [0.29, 0.717) is 0 Å². The summed E-state index contributed by atoms with van der Waals surface area (Å²) in [7, 11) is 0. The van der Waals surface area contributed by atoms with E-state index in [4.69, 9.17) is 0 Å². The molecule has 0 bridgehead atoms. The molecule has 0 nitrogen and oxygen atoms in total. The van der Waals surface area contributed by atoms with Gasteiger partial charge < -0.3 is 0 Å². The molecule has 0 aromatic rings. The van der Waals surface area contributed by atoms with Crippen LogP contribution in [0.5, 0.6) is 0 Å². The minimum absolute atomic E-state index is 0.962. The number of rotatable bonds is 4. The fraction of sp³-hybridized carbons (Fsp3) is 1.00. The van der Waals surface area contributed by atoms with Crippen LogP contribution >= 0.6 is 50.5 Å². The van der Waals surface area contributed by atoms with E-state index in [1.165, 1.54) is 0 Å². The van der Waals surface area contributed by atoms with Crippen molar-refractivity contribution < 1.29 is 0 Å². The monoisotopic (exact) mass is 216 g/mol. The first-order chi connectivity index (χ1) is 4.83. The summed E-state index contributed by atoms with van der Waals surface area (Å²) in [6.07, 6.45) is 2.23. The van der Waals surface area contributed by atoms with Crippen molar-refractivity contribution in [1.29, 1.82) is 0 Å². The Balaban J connectivity index is 0. The largest absolute Gasteiger partial charge is 0.179 e. The minimum Gasteiger partial charge on any atom is -0.179 e. The first-order valence-corrected chi connectivity index (χ1v) is 5.79. The first kappa shape index (κ1) is 14.0. The van der Waals surface area contributed by atoms with Gasteiger partial charge in [0.25, 0.3) is 0 Å². The summed E-state index contributed by atoms with van der Waals surface area (Å²) in [6.45, 7) is 0. The second-order valence-electron chi connectivity index (χ2n) is 1.60. The van der Waals surface area contributed by atoms with E-state index in [1.807, 2.05) is 0 Å². The van der Waals surface area contributed by atoms with Gasteiger partial charge in [0, 0.05) is 0 Å². The highest BCUT2D eigenvalue weighted by molar-refractivity contribution is 7.81. The lowest BCUT2D eigenvalue weighted by Gasteiger charge is -1.78. The molecule has 0 rings (SSSR count). The molecule has 0 fully saturated rings. The van der Waals surface area contributed by atoms with Crippen LogP contribution in [0.4, 0.5) is 0 Å². The fourth-order valence-electron chi connectivity index (χ4n) is 0.141. The summed E-state index contributed by atoms with van der Waals surface area (Å²) in [5.41, 5.74) is 0. The first-order valence-electron chi connectivity index (χ1n) is 3.26. The van der Waals surface area contributed by atoms with Gasteiger partial charge in [0.15, 0.2) is 0 Å². The molecule has 0 N–H and O–H groups in total. The van der Waals surface area contributed by atoms with E-state index < -0.39 is 0 Å². The molecule has 0 aromatic carbocycles. The molecule has 0 saturated carbocycles. The molecule has 0 amide bonds. The highest BCUT2D eigenvalue weighted by Gasteiger charge is 1.69. The van der Waals surface area contributed by atoms with Gasteiger partial charge in [-0.15, -0.1) is 0 Å². The molecule has 0 atom stereocenters. The van der Waals surface area contributed by atoms with Crippen LogP contribution in [0.25, 0.3) is 0 Å². The van der Waals surface area contributed by atoms with Gasteiger partial charge in [0.05, 0.1) is 0 Å². The van der Waals surface area contributed by atoms with Crippen LogP contribution in [0.1, 0.15) is 12.8 Å². The molecule has 4 heteroatoms. The molecule has 0 aromatic heterocycles. The smallest absolute Gasteiger partial charge is 0.00901 e. The van der Waals surface area contributed by atoms with Gasteiger partial charge in [-0.1, -0.05) is 0 Å². The van der Waals surface area contributed by atoms with Crippen LogP contribution in [0.2, 0.25) is 0 Å². The van der Waals surface area contributed by atoms with Crippen molar-refractivity contribution in [3.8, 4) is 0 Å². The second-order valence-corrected chi connectivity index (χ2v) is 3.39. The topological polar surface area (TPSA) is 0 Å². The lowest BCUT2D eigenvalue weighted by atomic mass is 10.6. The average molecular weight is 216 g/mol. The van der Waals surface area contributed by atoms with E-state index in [0.717, 1.165) is 35.9 Å².